The van der Waals surface area contributed by atoms with E-state index in [0.29, 0.717) is 11.6 Å². The zero-order valence-corrected chi connectivity index (χ0v) is 14.1. The molecular formula is C17H19N3O3S. The van der Waals surface area contributed by atoms with Crippen LogP contribution in [0, 0.1) is 5.92 Å². The highest BCUT2D eigenvalue weighted by Crippen LogP contribution is 2.30. The minimum absolute atomic E-state index is 0.0346. The lowest BCUT2D eigenvalue weighted by atomic mass is 10.3. The van der Waals surface area contributed by atoms with E-state index in [1.165, 1.54) is 6.20 Å². The molecule has 0 saturated heterocycles. The highest BCUT2D eigenvalue weighted by Gasteiger charge is 2.29. The predicted molar refractivity (Wildman–Crippen MR) is 92.0 cm³/mol. The van der Waals surface area contributed by atoms with Crippen molar-refractivity contribution < 1.29 is 14.3 Å². The van der Waals surface area contributed by atoms with Gasteiger partial charge in [0.2, 0.25) is 11.8 Å². The molecule has 2 N–H and O–H groups in total. The van der Waals surface area contributed by atoms with E-state index in [2.05, 4.69) is 15.6 Å². The molecule has 1 aliphatic carbocycles. The first kappa shape index (κ1) is 16.4. The molecule has 126 valence electrons. The molecular weight excluding hydrogens is 326 g/mol. The number of thiophene rings is 1. The number of nitrogens with zero attached hydrogens (tertiary/aromatic N) is 1. The van der Waals surface area contributed by atoms with Crippen molar-refractivity contribution in [1.29, 1.82) is 0 Å². The number of carbonyl (C=O) groups is 2. The average Bonchev–Trinajstić information content (AvgIpc) is 3.28. The van der Waals surface area contributed by atoms with Crippen LogP contribution in [0.3, 0.4) is 0 Å². The van der Waals surface area contributed by atoms with Gasteiger partial charge in [-0.2, -0.15) is 0 Å². The Labute approximate surface area is 144 Å². The fourth-order valence-corrected chi connectivity index (χ4v) is 2.90. The predicted octanol–water partition coefficient (Wildman–Crippen LogP) is 2.75. The van der Waals surface area contributed by atoms with Crippen LogP contribution in [0.1, 0.15) is 30.7 Å². The van der Waals surface area contributed by atoms with E-state index in [9.17, 15) is 9.59 Å². The molecule has 0 aromatic carbocycles. The first-order valence-electron chi connectivity index (χ1n) is 7.84. The molecule has 0 radical (unpaired) electrons. The zero-order valence-electron chi connectivity index (χ0n) is 13.3. The van der Waals surface area contributed by atoms with Crippen LogP contribution < -0.4 is 15.4 Å². The minimum atomic E-state index is -0.205. The van der Waals surface area contributed by atoms with Crippen molar-refractivity contribution in [3.8, 4) is 5.88 Å². The number of hydrogen-bond acceptors (Lipinski definition) is 5. The molecule has 6 nitrogen and oxygen atoms in total. The van der Waals surface area contributed by atoms with Crippen LogP contribution in [0.4, 0.5) is 5.69 Å². The maximum atomic E-state index is 11.9. The van der Waals surface area contributed by atoms with Gasteiger partial charge in [-0.3, -0.25) is 9.59 Å². The third kappa shape index (κ3) is 4.55. The molecule has 1 aliphatic rings. The molecule has 0 spiro atoms. The molecule has 7 heteroatoms. The van der Waals surface area contributed by atoms with E-state index in [1.807, 2.05) is 24.4 Å². The van der Waals surface area contributed by atoms with Crippen molar-refractivity contribution in [2.24, 2.45) is 5.92 Å². The van der Waals surface area contributed by atoms with E-state index < -0.39 is 0 Å². The lowest BCUT2D eigenvalue weighted by molar-refractivity contribution is -0.123. The summed E-state index contributed by atoms with van der Waals surface area (Å²) in [6.07, 6.45) is 3.45. The summed E-state index contributed by atoms with van der Waals surface area (Å²) >= 11 is 1.60. The summed E-state index contributed by atoms with van der Waals surface area (Å²) in [5.74, 6) is 0.324. The Balaban J connectivity index is 1.44. The summed E-state index contributed by atoms with van der Waals surface area (Å²) in [7, 11) is 0. The van der Waals surface area contributed by atoms with Crippen molar-refractivity contribution in [2.45, 2.75) is 25.8 Å². The number of hydrogen-bond donors (Lipinski definition) is 2. The fraction of sp³-hybridized carbons (Fsp3) is 0.353. The molecule has 0 bridgehead atoms. The summed E-state index contributed by atoms with van der Waals surface area (Å²) in [5, 5.41) is 7.65. The van der Waals surface area contributed by atoms with Gasteiger partial charge in [0.1, 0.15) is 0 Å². The molecule has 1 atom stereocenters. The fourth-order valence-electron chi connectivity index (χ4n) is 2.16. The van der Waals surface area contributed by atoms with Gasteiger partial charge in [0, 0.05) is 16.9 Å². The molecule has 2 heterocycles. The molecule has 2 amide bonds. The van der Waals surface area contributed by atoms with Crippen LogP contribution in [-0.4, -0.2) is 23.4 Å². The van der Waals surface area contributed by atoms with Gasteiger partial charge in [0.05, 0.1) is 17.9 Å². The summed E-state index contributed by atoms with van der Waals surface area (Å²) < 4.78 is 5.37. The van der Waals surface area contributed by atoms with E-state index in [4.69, 9.17) is 4.74 Å². The van der Waals surface area contributed by atoms with Crippen LogP contribution in [-0.2, 0) is 9.59 Å². The smallest absolute Gasteiger partial charge is 0.258 e. The Hall–Kier alpha value is -2.41. The van der Waals surface area contributed by atoms with Gasteiger partial charge in [0.25, 0.3) is 5.91 Å². The van der Waals surface area contributed by atoms with Crippen LogP contribution >= 0.6 is 11.3 Å². The van der Waals surface area contributed by atoms with Gasteiger partial charge >= 0.3 is 0 Å². The second-order valence-corrected chi connectivity index (χ2v) is 6.72. The van der Waals surface area contributed by atoms with Gasteiger partial charge in [-0.15, -0.1) is 11.3 Å². The molecule has 2 aromatic rings. The Bertz CT molecular complexity index is 696. The standard InChI is InChI=1S/C17H19N3O3S/c1-11(14-3-2-8-24-14)19-15(21)10-23-16-7-6-13(9-18-16)20-17(22)12-4-5-12/h2-3,6-9,11-12H,4-5,10H2,1H3,(H,19,21)(H,20,22)/t11-/m1/s1. The third-order valence-corrected chi connectivity index (χ3v) is 4.71. The number of nitrogens with one attached hydrogen (secondary N) is 2. The first-order valence-corrected chi connectivity index (χ1v) is 8.72. The molecule has 3 rings (SSSR count). The molecule has 1 fully saturated rings. The van der Waals surface area contributed by atoms with Crippen molar-refractivity contribution in [1.82, 2.24) is 10.3 Å². The van der Waals surface area contributed by atoms with Crippen LogP contribution in [0.25, 0.3) is 0 Å². The Kier molecular flexibility index (Phi) is 5.10. The maximum Gasteiger partial charge on any atom is 0.258 e. The highest BCUT2D eigenvalue weighted by molar-refractivity contribution is 7.10. The van der Waals surface area contributed by atoms with Gasteiger partial charge in [-0.25, -0.2) is 4.98 Å². The van der Waals surface area contributed by atoms with Crippen molar-refractivity contribution in [3.63, 3.8) is 0 Å². The topological polar surface area (TPSA) is 80.3 Å². The SMILES string of the molecule is C[C@@H](NC(=O)COc1ccc(NC(=O)C2CC2)cn1)c1cccs1. The normalized spacial score (nSPS) is 14.7. The highest BCUT2D eigenvalue weighted by atomic mass is 32.1. The first-order chi connectivity index (χ1) is 11.6. The number of anilines is 1. The van der Waals surface area contributed by atoms with Crippen LogP contribution in [0.15, 0.2) is 35.8 Å². The lowest BCUT2D eigenvalue weighted by Gasteiger charge is -2.12. The lowest BCUT2D eigenvalue weighted by Crippen LogP contribution is -2.31. The number of carbonyl (C=O) groups excluding carboxylic acids is 2. The van der Waals surface area contributed by atoms with Crippen molar-refractivity contribution in [2.75, 3.05) is 11.9 Å². The third-order valence-electron chi connectivity index (χ3n) is 3.65. The Morgan fingerprint density at radius 3 is 2.83 bits per heavy atom. The van der Waals surface area contributed by atoms with E-state index >= 15 is 0 Å². The average molecular weight is 345 g/mol. The van der Waals surface area contributed by atoms with E-state index in [-0.39, 0.29) is 30.4 Å². The van der Waals surface area contributed by atoms with E-state index in [0.717, 1.165) is 17.7 Å². The number of aromatic nitrogens is 1. The summed E-state index contributed by atoms with van der Waals surface area (Å²) in [5.41, 5.74) is 0.634. The minimum Gasteiger partial charge on any atom is -0.468 e. The summed E-state index contributed by atoms with van der Waals surface area (Å²) in [6.45, 7) is 1.83. The number of pyridine rings is 1. The van der Waals surface area contributed by atoms with Gasteiger partial charge in [0.15, 0.2) is 6.61 Å². The molecule has 0 aliphatic heterocycles. The maximum absolute atomic E-state index is 11.9. The molecule has 0 unspecified atom stereocenters. The molecule has 1 saturated carbocycles. The van der Waals surface area contributed by atoms with Crippen LogP contribution in [0.5, 0.6) is 5.88 Å². The molecule has 2 aromatic heterocycles. The second-order valence-electron chi connectivity index (χ2n) is 5.74. The van der Waals surface area contributed by atoms with Gasteiger partial charge in [-0.1, -0.05) is 6.07 Å². The van der Waals surface area contributed by atoms with Gasteiger partial charge in [-0.05, 0) is 37.3 Å². The van der Waals surface area contributed by atoms with E-state index in [1.54, 1.807) is 23.5 Å². The molecule has 24 heavy (non-hydrogen) atoms. The zero-order chi connectivity index (χ0) is 16.9. The number of ether oxygens (including phenoxy) is 1. The second kappa shape index (κ2) is 7.44. The number of rotatable bonds is 7. The summed E-state index contributed by atoms with van der Waals surface area (Å²) in [6, 6.07) is 7.24. The van der Waals surface area contributed by atoms with Crippen molar-refractivity contribution >= 4 is 28.8 Å². The Morgan fingerprint density at radius 2 is 2.21 bits per heavy atom. The summed E-state index contributed by atoms with van der Waals surface area (Å²) in [4.78, 5) is 28.7. The van der Waals surface area contributed by atoms with Crippen LogP contribution in [0.2, 0.25) is 0 Å². The van der Waals surface area contributed by atoms with Gasteiger partial charge < -0.3 is 15.4 Å². The number of amides is 2. The Morgan fingerprint density at radius 1 is 1.38 bits per heavy atom. The van der Waals surface area contributed by atoms with Crippen molar-refractivity contribution in [3.05, 3.63) is 40.7 Å². The quantitative estimate of drug-likeness (QED) is 0.808. The monoisotopic (exact) mass is 345 g/mol. The largest absolute Gasteiger partial charge is 0.468 e.